The summed E-state index contributed by atoms with van der Waals surface area (Å²) in [5, 5.41) is 8.41. The lowest BCUT2D eigenvalue weighted by Crippen LogP contribution is -1.96. The number of azo groups is 1. The molecule has 0 aliphatic heterocycles. The second-order valence-corrected chi connectivity index (χ2v) is 5.29. The van der Waals surface area contributed by atoms with E-state index in [1.165, 1.54) is 25.7 Å². The van der Waals surface area contributed by atoms with E-state index < -0.39 is 0 Å². The van der Waals surface area contributed by atoms with Crippen LogP contribution in [0.4, 0.5) is 11.4 Å². The third kappa shape index (κ3) is 6.08. The molecule has 116 valence electrons. The van der Waals surface area contributed by atoms with Crippen molar-refractivity contribution in [2.45, 2.75) is 39.0 Å². The third-order valence-corrected chi connectivity index (χ3v) is 3.39. The van der Waals surface area contributed by atoms with Crippen LogP contribution in [0.25, 0.3) is 0 Å². The maximum atomic E-state index is 5.73. The molecule has 0 unspecified atom stereocenters. The lowest BCUT2D eigenvalue weighted by molar-refractivity contribution is 0.304. The monoisotopic (exact) mass is 296 g/mol. The summed E-state index contributed by atoms with van der Waals surface area (Å²) in [6, 6.07) is 17.5. The second kappa shape index (κ2) is 9.72. The molecular weight excluding hydrogens is 272 g/mol. The first-order chi connectivity index (χ1) is 10.9. The number of rotatable bonds is 9. The zero-order valence-electron chi connectivity index (χ0n) is 13.2. The van der Waals surface area contributed by atoms with Gasteiger partial charge in [0.25, 0.3) is 0 Å². The van der Waals surface area contributed by atoms with Crippen molar-refractivity contribution in [2.75, 3.05) is 6.61 Å². The van der Waals surface area contributed by atoms with E-state index in [9.17, 15) is 0 Å². The molecule has 0 fully saturated rings. The van der Waals surface area contributed by atoms with E-state index in [1.807, 2.05) is 54.6 Å². The minimum Gasteiger partial charge on any atom is -0.494 e. The minimum atomic E-state index is 0.786. The topological polar surface area (TPSA) is 34.0 Å². The van der Waals surface area contributed by atoms with Gasteiger partial charge in [-0.2, -0.15) is 10.2 Å². The van der Waals surface area contributed by atoms with E-state index in [-0.39, 0.29) is 0 Å². The van der Waals surface area contributed by atoms with E-state index in [4.69, 9.17) is 4.74 Å². The molecule has 2 rings (SSSR count). The van der Waals surface area contributed by atoms with Crippen LogP contribution in [0.2, 0.25) is 0 Å². The molecule has 0 spiro atoms. The summed E-state index contributed by atoms with van der Waals surface area (Å²) in [6.45, 7) is 3.02. The first-order valence-electron chi connectivity index (χ1n) is 8.08. The molecule has 0 aliphatic carbocycles. The molecular formula is C19H24N2O. The van der Waals surface area contributed by atoms with Crippen molar-refractivity contribution < 1.29 is 4.74 Å². The lowest BCUT2D eigenvalue weighted by Gasteiger charge is -2.05. The summed E-state index contributed by atoms with van der Waals surface area (Å²) in [7, 11) is 0. The minimum absolute atomic E-state index is 0.786. The van der Waals surface area contributed by atoms with Crippen molar-refractivity contribution in [2.24, 2.45) is 10.2 Å². The van der Waals surface area contributed by atoms with Gasteiger partial charge in [0.2, 0.25) is 0 Å². The van der Waals surface area contributed by atoms with Crippen LogP contribution in [0.1, 0.15) is 39.0 Å². The normalized spacial score (nSPS) is 11.0. The van der Waals surface area contributed by atoms with Gasteiger partial charge >= 0.3 is 0 Å². The standard InChI is InChI=1S/C19H24N2O/c1-2-3-4-5-9-16-22-19-14-12-18(13-15-19)21-20-17-10-7-6-8-11-17/h6-8,10-15H,2-5,9,16H2,1H3. The predicted octanol–water partition coefficient (Wildman–Crippen LogP) is 6.45. The highest BCUT2D eigenvalue weighted by atomic mass is 16.5. The summed E-state index contributed by atoms with van der Waals surface area (Å²) in [5.74, 6) is 0.897. The van der Waals surface area contributed by atoms with E-state index in [2.05, 4.69) is 17.2 Å². The zero-order valence-corrected chi connectivity index (χ0v) is 13.2. The maximum absolute atomic E-state index is 5.73. The Bertz CT molecular complexity index is 549. The quantitative estimate of drug-likeness (QED) is 0.386. The Hall–Kier alpha value is -2.16. The number of hydrogen-bond acceptors (Lipinski definition) is 3. The number of hydrogen-bond donors (Lipinski definition) is 0. The van der Waals surface area contributed by atoms with Crippen molar-refractivity contribution in [3.63, 3.8) is 0 Å². The van der Waals surface area contributed by atoms with Crippen LogP contribution < -0.4 is 4.74 Å². The van der Waals surface area contributed by atoms with Gasteiger partial charge in [-0.1, -0.05) is 50.8 Å². The summed E-state index contributed by atoms with van der Waals surface area (Å²) < 4.78 is 5.73. The van der Waals surface area contributed by atoms with Gasteiger partial charge < -0.3 is 4.74 Å². The molecule has 2 aromatic carbocycles. The van der Waals surface area contributed by atoms with E-state index in [1.54, 1.807) is 0 Å². The average molecular weight is 296 g/mol. The summed E-state index contributed by atoms with van der Waals surface area (Å²) >= 11 is 0. The van der Waals surface area contributed by atoms with Gasteiger partial charge in [-0.05, 0) is 42.8 Å². The fourth-order valence-corrected chi connectivity index (χ4v) is 2.11. The largest absolute Gasteiger partial charge is 0.494 e. The molecule has 0 bridgehead atoms. The molecule has 3 nitrogen and oxygen atoms in total. The maximum Gasteiger partial charge on any atom is 0.119 e. The number of unbranched alkanes of at least 4 members (excludes halogenated alkanes) is 4. The van der Waals surface area contributed by atoms with Gasteiger partial charge in [0.05, 0.1) is 18.0 Å². The van der Waals surface area contributed by atoms with Crippen LogP contribution in [0, 0.1) is 0 Å². The third-order valence-electron chi connectivity index (χ3n) is 3.39. The Kier molecular flexibility index (Phi) is 7.16. The summed E-state index contributed by atoms with van der Waals surface area (Å²) in [5.41, 5.74) is 1.69. The van der Waals surface area contributed by atoms with E-state index in [0.29, 0.717) is 0 Å². The lowest BCUT2D eigenvalue weighted by atomic mass is 10.2. The molecule has 0 N–H and O–H groups in total. The van der Waals surface area contributed by atoms with Crippen molar-refractivity contribution in [1.29, 1.82) is 0 Å². The molecule has 2 aromatic rings. The van der Waals surface area contributed by atoms with Crippen molar-refractivity contribution >= 4 is 11.4 Å². The average Bonchev–Trinajstić information content (AvgIpc) is 2.58. The SMILES string of the molecule is CCCCCCCOc1ccc(N=Nc2ccccc2)cc1. The van der Waals surface area contributed by atoms with Crippen LogP contribution >= 0.6 is 0 Å². The van der Waals surface area contributed by atoms with E-state index in [0.717, 1.165) is 30.2 Å². The van der Waals surface area contributed by atoms with Crippen molar-refractivity contribution in [3.05, 3.63) is 54.6 Å². The van der Waals surface area contributed by atoms with Gasteiger partial charge in [-0.25, -0.2) is 0 Å². The number of nitrogens with zero attached hydrogens (tertiary/aromatic N) is 2. The van der Waals surface area contributed by atoms with Gasteiger partial charge in [0, 0.05) is 0 Å². The smallest absolute Gasteiger partial charge is 0.119 e. The molecule has 0 saturated heterocycles. The molecule has 0 saturated carbocycles. The number of ether oxygens (including phenoxy) is 1. The summed E-state index contributed by atoms with van der Waals surface area (Å²) in [4.78, 5) is 0. The predicted molar refractivity (Wildman–Crippen MR) is 91.3 cm³/mol. The first kappa shape index (κ1) is 16.2. The molecule has 0 aliphatic rings. The zero-order chi connectivity index (χ0) is 15.5. The fraction of sp³-hybridized carbons (Fsp3) is 0.368. The molecule has 22 heavy (non-hydrogen) atoms. The second-order valence-electron chi connectivity index (χ2n) is 5.29. The van der Waals surface area contributed by atoms with Crippen LogP contribution in [-0.4, -0.2) is 6.61 Å². The Balaban J connectivity index is 1.74. The number of benzene rings is 2. The molecule has 3 heteroatoms. The Morgan fingerprint density at radius 1 is 0.727 bits per heavy atom. The van der Waals surface area contributed by atoms with Crippen LogP contribution in [0.15, 0.2) is 64.8 Å². The van der Waals surface area contributed by atoms with Crippen molar-refractivity contribution in [3.8, 4) is 5.75 Å². The van der Waals surface area contributed by atoms with Crippen LogP contribution in [0.3, 0.4) is 0 Å². The molecule has 0 radical (unpaired) electrons. The van der Waals surface area contributed by atoms with Crippen LogP contribution in [-0.2, 0) is 0 Å². The molecule has 0 aromatic heterocycles. The highest BCUT2D eigenvalue weighted by molar-refractivity contribution is 5.42. The Labute approximate surface area is 133 Å². The summed E-state index contributed by atoms with van der Waals surface area (Å²) in [6.07, 6.45) is 6.27. The van der Waals surface area contributed by atoms with Gasteiger partial charge in [-0.15, -0.1) is 0 Å². The van der Waals surface area contributed by atoms with Gasteiger partial charge in [0.15, 0.2) is 0 Å². The first-order valence-corrected chi connectivity index (χ1v) is 8.08. The highest BCUT2D eigenvalue weighted by Crippen LogP contribution is 2.21. The van der Waals surface area contributed by atoms with Crippen molar-refractivity contribution in [1.82, 2.24) is 0 Å². The molecule has 0 amide bonds. The highest BCUT2D eigenvalue weighted by Gasteiger charge is 1.95. The van der Waals surface area contributed by atoms with Gasteiger partial charge in [-0.3, -0.25) is 0 Å². The molecule has 0 atom stereocenters. The van der Waals surface area contributed by atoms with Gasteiger partial charge in [0.1, 0.15) is 5.75 Å². The van der Waals surface area contributed by atoms with Crippen LogP contribution in [0.5, 0.6) is 5.75 Å². The fourth-order valence-electron chi connectivity index (χ4n) is 2.11. The van der Waals surface area contributed by atoms with E-state index >= 15 is 0 Å². The molecule has 0 heterocycles. The Morgan fingerprint density at radius 3 is 2.05 bits per heavy atom. The Morgan fingerprint density at radius 2 is 1.36 bits per heavy atom.